The van der Waals surface area contributed by atoms with Crippen LogP contribution in [0.15, 0.2) is 41.5 Å². The van der Waals surface area contributed by atoms with E-state index in [0.29, 0.717) is 42.0 Å². The van der Waals surface area contributed by atoms with E-state index in [4.69, 9.17) is 21.4 Å². The van der Waals surface area contributed by atoms with Crippen molar-refractivity contribution in [2.45, 2.75) is 37.8 Å². The van der Waals surface area contributed by atoms with Gasteiger partial charge < -0.3 is 5.73 Å². The highest BCUT2D eigenvalue weighted by Crippen LogP contribution is 2.38. The Morgan fingerprint density at radius 2 is 2.06 bits per heavy atom. The molecule has 3 aromatic rings. The monoisotopic (exact) mass is 443 g/mol. The maximum absolute atomic E-state index is 12.2. The van der Waals surface area contributed by atoms with E-state index in [9.17, 15) is 9.59 Å². The van der Waals surface area contributed by atoms with Crippen LogP contribution in [0.2, 0.25) is 0 Å². The van der Waals surface area contributed by atoms with Gasteiger partial charge in [-0.3, -0.25) is 24.8 Å². The molecule has 1 saturated heterocycles. The molecular weight excluding hydrogens is 422 g/mol. The van der Waals surface area contributed by atoms with Crippen LogP contribution in [0.3, 0.4) is 0 Å². The Morgan fingerprint density at radius 3 is 2.79 bits per heavy atom. The van der Waals surface area contributed by atoms with E-state index in [2.05, 4.69) is 21.3 Å². The van der Waals surface area contributed by atoms with E-state index < -0.39 is 6.03 Å². The largest absolute Gasteiger partial charge is 0.351 e. The van der Waals surface area contributed by atoms with E-state index in [-0.39, 0.29) is 29.5 Å². The van der Waals surface area contributed by atoms with Gasteiger partial charge in [-0.2, -0.15) is 10.4 Å². The van der Waals surface area contributed by atoms with Crippen molar-refractivity contribution in [2.24, 2.45) is 11.7 Å². The first kappa shape index (κ1) is 20.6. The average molecular weight is 443 g/mol. The van der Waals surface area contributed by atoms with Crippen LogP contribution in [0.1, 0.15) is 53.3 Å². The van der Waals surface area contributed by atoms with Crippen LogP contribution in [0, 0.1) is 22.7 Å². The number of amides is 2. The number of H-pyrrole nitrogens is 1. The normalized spacial score (nSPS) is 21.7. The van der Waals surface area contributed by atoms with Gasteiger partial charge in [0.05, 0.1) is 41.3 Å². The first-order chi connectivity index (χ1) is 16.0. The number of primary amides is 1. The molecule has 11 heteroatoms. The van der Waals surface area contributed by atoms with Crippen LogP contribution in [0.5, 0.6) is 0 Å². The highest BCUT2D eigenvalue weighted by molar-refractivity contribution is 5.98. The van der Waals surface area contributed by atoms with Gasteiger partial charge in [-0.05, 0) is 30.5 Å². The summed E-state index contributed by atoms with van der Waals surface area (Å²) in [5.74, 6) is 0.564. The van der Waals surface area contributed by atoms with Crippen LogP contribution in [0.4, 0.5) is 4.79 Å². The fourth-order valence-electron chi connectivity index (χ4n) is 4.81. The highest BCUT2D eigenvalue weighted by atomic mass is 16.2. The van der Waals surface area contributed by atoms with Crippen molar-refractivity contribution >= 4 is 11.9 Å². The minimum Gasteiger partial charge on any atom is -0.351 e. The van der Waals surface area contributed by atoms with Gasteiger partial charge in [0.1, 0.15) is 11.7 Å². The molecule has 0 aliphatic carbocycles. The molecule has 0 spiro atoms. The Kier molecular flexibility index (Phi) is 4.97. The van der Waals surface area contributed by atoms with Gasteiger partial charge >= 0.3 is 11.7 Å². The fraction of sp³-hybridized carbons (Fsp3) is 0.318. The summed E-state index contributed by atoms with van der Waals surface area (Å²) in [6.07, 6.45) is 5.62. The number of carbonyl (C=O) groups is 1. The third-order valence-electron chi connectivity index (χ3n) is 6.36. The zero-order valence-electron chi connectivity index (χ0n) is 17.6. The second-order valence-electron chi connectivity index (χ2n) is 8.28. The van der Waals surface area contributed by atoms with E-state index in [1.54, 1.807) is 41.2 Å². The number of hydrogen-bond acceptors (Lipinski definition) is 7. The Morgan fingerprint density at radius 1 is 1.27 bits per heavy atom. The molecule has 3 unspecified atom stereocenters. The number of nitrogens with zero attached hydrogens (tertiary/aromatic N) is 6. The maximum Gasteiger partial charge on any atom is 0.343 e. The highest BCUT2D eigenvalue weighted by Gasteiger charge is 2.40. The van der Waals surface area contributed by atoms with E-state index in [1.165, 1.54) is 4.90 Å². The van der Waals surface area contributed by atoms with Crippen LogP contribution in [-0.4, -0.2) is 41.5 Å². The van der Waals surface area contributed by atoms with Crippen LogP contribution in [0.25, 0.3) is 0 Å². The van der Waals surface area contributed by atoms with Gasteiger partial charge in [0.15, 0.2) is 0 Å². The predicted octanol–water partition coefficient (Wildman–Crippen LogP) is 1.43. The minimum absolute atomic E-state index is 0.137. The average Bonchev–Trinajstić information content (AvgIpc) is 3.49. The van der Waals surface area contributed by atoms with Gasteiger partial charge in [-0.25, -0.2) is 14.7 Å². The zero-order valence-corrected chi connectivity index (χ0v) is 17.6. The number of likely N-dealkylation sites (tertiary alicyclic amines) is 1. The molecule has 2 aliphatic rings. The van der Waals surface area contributed by atoms with Gasteiger partial charge in [0, 0.05) is 25.0 Å². The third-order valence-corrected chi connectivity index (χ3v) is 6.36. The fourth-order valence-corrected chi connectivity index (χ4v) is 4.81. The molecule has 5 rings (SSSR count). The molecule has 2 aromatic heterocycles. The van der Waals surface area contributed by atoms with Gasteiger partial charge in [0.2, 0.25) is 0 Å². The lowest BCUT2D eigenvalue weighted by Crippen LogP contribution is -2.39. The predicted molar refractivity (Wildman–Crippen MR) is 116 cm³/mol. The van der Waals surface area contributed by atoms with Gasteiger partial charge in [-0.1, -0.05) is 12.1 Å². The van der Waals surface area contributed by atoms with E-state index >= 15 is 0 Å². The Hall–Kier alpha value is -4.33. The van der Waals surface area contributed by atoms with Crippen molar-refractivity contribution in [1.29, 1.82) is 10.7 Å². The quantitative estimate of drug-likeness (QED) is 0.550. The summed E-state index contributed by atoms with van der Waals surface area (Å²) in [7, 11) is 0. The molecule has 33 heavy (non-hydrogen) atoms. The molecule has 3 atom stereocenters. The van der Waals surface area contributed by atoms with Crippen molar-refractivity contribution in [2.75, 3.05) is 0 Å². The molecule has 11 nitrogen and oxygen atoms in total. The number of amidine groups is 1. The molecule has 166 valence electrons. The summed E-state index contributed by atoms with van der Waals surface area (Å²) < 4.78 is 1.61. The summed E-state index contributed by atoms with van der Waals surface area (Å²) in [6.45, 7) is 0. The molecule has 0 saturated carbocycles. The molecule has 0 radical (unpaired) electrons. The second kappa shape index (κ2) is 7.98. The smallest absolute Gasteiger partial charge is 0.343 e. The minimum atomic E-state index is -0.686. The van der Waals surface area contributed by atoms with Crippen LogP contribution >= 0.6 is 0 Å². The maximum atomic E-state index is 12.2. The van der Waals surface area contributed by atoms with E-state index in [0.717, 1.165) is 12.0 Å². The van der Waals surface area contributed by atoms with Gasteiger partial charge in [-0.15, -0.1) is 0 Å². The molecule has 4 N–H and O–H groups in total. The molecule has 0 bridgehead atoms. The Balaban J connectivity index is 1.39. The molecule has 4 heterocycles. The summed E-state index contributed by atoms with van der Waals surface area (Å²) in [6, 6.07) is 7.73. The van der Waals surface area contributed by atoms with Crippen molar-refractivity contribution in [1.82, 2.24) is 29.6 Å². The number of hydrogen-bond donors (Lipinski definition) is 3. The number of nitrogens with one attached hydrogen (secondary N) is 2. The van der Waals surface area contributed by atoms with Crippen molar-refractivity contribution in [3.8, 4) is 6.07 Å². The molecule has 1 fully saturated rings. The first-order valence-electron chi connectivity index (χ1n) is 10.6. The molecule has 2 amide bonds. The topological polar surface area (TPSA) is 170 Å². The molecule has 2 aliphatic heterocycles. The lowest BCUT2D eigenvalue weighted by atomic mass is 9.95. The lowest BCUT2D eigenvalue weighted by molar-refractivity contribution is 0.221. The number of nitriles is 1. The number of nitrogens with two attached hydrogens (primary N) is 1. The Bertz CT molecular complexity index is 1330. The number of benzene rings is 1. The van der Waals surface area contributed by atoms with Gasteiger partial charge in [0.25, 0.3) is 0 Å². The van der Waals surface area contributed by atoms with Crippen LogP contribution in [-0.2, 0) is 12.8 Å². The molecule has 1 aromatic carbocycles. The number of aromatic amines is 1. The molecular formula is C22H21N9O2. The number of carbonyl (C=O) groups excluding carboxylic acids is 1. The van der Waals surface area contributed by atoms with Crippen molar-refractivity contribution < 1.29 is 4.79 Å². The SMILES string of the molecule is N#Cc1ccc(C2CC(Cc3cncc(C4CCc5n[nH]c(=O)n54)n3)C(=N)N2C(N)=O)cc1. The number of aromatic nitrogens is 5. The lowest BCUT2D eigenvalue weighted by Gasteiger charge is -2.22. The van der Waals surface area contributed by atoms with E-state index in [1.807, 2.05) is 0 Å². The number of fused-ring (bicyclic) bond motifs is 1. The van der Waals surface area contributed by atoms with Crippen molar-refractivity contribution in [3.05, 3.63) is 75.5 Å². The summed E-state index contributed by atoms with van der Waals surface area (Å²) >= 11 is 0. The summed E-state index contributed by atoms with van der Waals surface area (Å²) in [5, 5.41) is 24.1. The summed E-state index contributed by atoms with van der Waals surface area (Å²) in [5.41, 5.74) is 8.04. The third kappa shape index (κ3) is 3.55. The second-order valence-corrected chi connectivity index (χ2v) is 8.28. The number of aryl methyl sites for hydroxylation is 1. The van der Waals surface area contributed by atoms with Crippen LogP contribution < -0.4 is 11.4 Å². The van der Waals surface area contributed by atoms with Crippen molar-refractivity contribution in [3.63, 3.8) is 0 Å². The standard InChI is InChI=1S/C22H21N9O2/c23-9-12-1-3-13(4-2-12)18-8-14(20(24)31(18)21(25)32)7-15-10-26-11-16(27-15)17-5-6-19-28-29-22(33)30(17)19/h1-4,10-11,14,17-18,24H,5-8H2,(H2,25,32)(H,29,33). The summed E-state index contributed by atoms with van der Waals surface area (Å²) in [4.78, 5) is 34.6. The number of urea groups is 1. The zero-order chi connectivity index (χ0) is 23.1. The number of rotatable bonds is 4. The Labute approximate surface area is 188 Å². The first-order valence-corrected chi connectivity index (χ1v) is 10.6.